The van der Waals surface area contributed by atoms with Crippen molar-refractivity contribution in [2.75, 3.05) is 25.5 Å². The minimum Gasteiger partial charge on any atom is -0.492 e. The number of nitrogens with zero attached hydrogens (tertiary/aromatic N) is 2. The summed E-state index contributed by atoms with van der Waals surface area (Å²) in [7, 11) is 1.65. The van der Waals surface area contributed by atoms with E-state index < -0.39 is 4.92 Å². The smallest absolute Gasteiger partial charge is 0.321 e. The first kappa shape index (κ1) is 17.3. The molecule has 0 fully saturated rings. The van der Waals surface area contributed by atoms with Gasteiger partial charge in [-0.3, -0.25) is 10.1 Å². The Labute approximate surface area is 140 Å². The van der Waals surface area contributed by atoms with Gasteiger partial charge in [-0.2, -0.15) is 0 Å². The summed E-state index contributed by atoms with van der Waals surface area (Å²) in [6.45, 7) is 2.78. The molecule has 0 aliphatic rings. The van der Waals surface area contributed by atoms with E-state index in [0.29, 0.717) is 18.8 Å². The fourth-order valence-corrected chi connectivity index (χ4v) is 1.92. The first-order chi connectivity index (χ1) is 11.5. The van der Waals surface area contributed by atoms with Crippen LogP contribution >= 0.6 is 0 Å². The zero-order valence-electron chi connectivity index (χ0n) is 13.6. The van der Waals surface area contributed by atoms with Gasteiger partial charge in [-0.1, -0.05) is 17.7 Å². The maximum Gasteiger partial charge on any atom is 0.321 e. The van der Waals surface area contributed by atoms with Crippen LogP contribution in [-0.2, 0) is 0 Å². The molecule has 0 radical (unpaired) electrons. The summed E-state index contributed by atoms with van der Waals surface area (Å²) in [6, 6.07) is 13.0. The van der Waals surface area contributed by atoms with Crippen molar-refractivity contribution >= 4 is 17.4 Å². The minimum absolute atomic E-state index is 0.0205. The van der Waals surface area contributed by atoms with E-state index >= 15 is 0 Å². The molecule has 0 atom stereocenters. The number of nitrogens with one attached hydrogen (secondary N) is 1. The number of carbonyl (C=O) groups excluding carboxylic acids is 1. The Morgan fingerprint density at radius 2 is 1.79 bits per heavy atom. The molecule has 2 aromatic rings. The van der Waals surface area contributed by atoms with Gasteiger partial charge in [-0.05, 0) is 31.2 Å². The van der Waals surface area contributed by atoms with Gasteiger partial charge in [-0.15, -0.1) is 0 Å². The van der Waals surface area contributed by atoms with Crippen LogP contribution in [-0.4, -0.2) is 36.1 Å². The molecule has 0 unspecified atom stereocenters. The summed E-state index contributed by atoms with van der Waals surface area (Å²) >= 11 is 0. The van der Waals surface area contributed by atoms with Crippen LogP contribution in [0.1, 0.15) is 5.56 Å². The van der Waals surface area contributed by atoms with Gasteiger partial charge in [0.15, 0.2) is 0 Å². The predicted molar refractivity (Wildman–Crippen MR) is 91.4 cm³/mol. The molecule has 2 aromatic carbocycles. The van der Waals surface area contributed by atoms with Gasteiger partial charge < -0.3 is 15.0 Å². The van der Waals surface area contributed by atoms with Crippen molar-refractivity contribution in [3.63, 3.8) is 0 Å². The van der Waals surface area contributed by atoms with Crippen molar-refractivity contribution in [1.82, 2.24) is 4.90 Å². The SMILES string of the molecule is Cc1ccc(OCCN(C)C(=O)Nc2ccc([N+](=O)[O-])cc2)cc1. The maximum absolute atomic E-state index is 12.0. The van der Waals surface area contributed by atoms with E-state index in [1.54, 1.807) is 7.05 Å². The lowest BCUT2D eigenvalue weighted by Gasteiger charge is -2.18. The first-order valence-electron chi connectivity index (χ1n) is 7.42. The predicted octanol–water partition coefficient (Wildman–Crippen LogP) is 3.45. The van der Waals surface area contributed by atoms with E-state index in [-0.39, 0.29) is 11.7 Å². The number of amides is 2. The fourth-order valence-electron chi connectivity index (χ4n) is 1.92. The number of ether oxygens (including phenoxy) is 1. The van der Waals surface area contributed by atoms with E-state index in [9.17, 15) is 14.9 Å². The largest absolute Gasteiger partial charge is 0.492 e. The normalized spacial score (nSPS) is 10.1. The van der Waals surface area contributed by atoms with E-state index in [1.807, 2.05) is 31.2 Å². The van der Waals surface area contributed by atoms with Crippen LogP contribution in [0.15, 0.2) is 48.5 Å². The highest BCUT2D eigenvalue weighted by atomic mass is 16.6. The lowest BCUT2D eigenvalue weighted by molar-refractivity contribution is -0.384. The highest BCUT2D eigenvalue weighted by Crippen LogP contribution is 2.15. The number of benzene rings is 2. The molecule has 0 saturated heterocycles. The number of hydrogen-bond donors (Lipinski definition) is 1. The number of likely N-dealkylation sites (N-methyl/N-ethyl adjacent to an activating group) is 1. The average Bonchev–Trinajstić information content (AvgIpc) is 2.57. The van der Waals surface area contributed by atoms with Gasteiger partial charge in [0.25, 0.3) is 5.69 Å². The molecule has 0 saturated carbocycles. The highest BCUT2D eigenvalue weighted by molar-refractivity contribution is 5.89. The molecule has 0 heterocycles. The Balaban J connectivity index is 1.79. The number of anilines is 1. The molecule has 2 rings (SSSR count). The van der Waals surface area contributed by atoms with Crippen molar-refractivity contribution in [2.45, 2.75) is 6.92 Å². The van der Waals surface area contributed by atoms with Crippen LogP contribution in [0.25, 0.3) is 0 Å². The number of non-ortho nitro benzene ring substituents is 1. The van der Waals surface area contributed by atoms with Gasteiger partial charge in [0.2, 0.25) is 0 Å². The summed E-state index contributed by atoms with van der Waals surface area (Å²) < 4.78 is 5.58. The van der Waals surface area contributed by atoms with Crippen molar-refractivity contribution in [3.05, 3.63) is 64.2 Å². The number of hydrogen-bond acceptors (Lipinski definition) is 4. The van der Waals surface area contributed by atoms with Crippen LogP contribution in [0.2, 0.25) is 0 Å². The second kappa shape index (κ2) is 7.96. The number of rotatable bonds is 6. The molecule has 126 valence electrons. The summed E-state index contributed by atoms with van der Waals surface area (Å²) in [5.74, 6) is 0.754. The molecule has 24 heavy (non-hydrogen) atoms. The van der Waals surface area contributed by atoms with Gasteiger partial charge in [0.1, 0.15) is 12.4 Å². The number of aryl methyl sites for hydroxylation is 1. The standard InChI is InChI=1S/C17H19N3O4/c1-13-3-9-16(10-4-13)24-12-11-19(2)17(21)18-14-5-7-15(8-6-14)20(22)23/h3-10H,11-12H2,1-2H3,(H,18,21). The zero-order valence-corrected chi connectivity index (χ0v) is 13.6. The van der Waals surface area contributed by atoms with Gasteiger partial charge in [0.05, 0.1) is 11.5 Å². The van der Waals surface area contributed by atoms with Gasteiger partial charge in [0, 0.05) is 24.9 Å². The molecule has 2 amide bonds. The molecule has 7 heteroatoms. The third-order valence-corrected chi connectivity index (χ3v) is 3.39. The van der Waals surface area contributed by atoms with Crippen molar-refractivity contribution in [1.29, 1.82) is 0 Å². The monoisotopic (exact) mass is 329 g/mol. The lowest BCUT2D eigenvalue weighted by atomic mass is 10.2. The van der Waals surface area contributed by atoms with Crippen molar-refractivity contribution < 1.29 is 14.5 Å². The lowest BCUT2D eigenvalue weighted by Crippen LogP contribution is -2.34. The van der Waals surface area contributed by atoms with E-state index in [2.05, 4.69) is 5.32 Å². The van der Waals surface area contributed by atoms with Gasteiger partial charge in [-0.25, -0.2) is 4.79 Å². The van der Waals surface area contributed by atoms with Crippen molar-refractivity contribution in [3.8, 4) is 5.75 Å². The van der Waals surface area contributed by atoms with Crippen LogP contribution in [0.5, 0.6) is 5.75 Å². The summed E-state index contributed by atoms with van der Waals surface area (Å²) in [4.78, 5) is 23.6. The van der Waals surface area contributed by atoms with Crippen LogP contribution < -0.4 is 10.1 Å². The fraction of sp³-hybridized carbons (Fsp3) is 0.235. The molecule has 0 aromatic heterocycles. The van der Waals surface area contributed by atoms with Gasteiger partial charge >= 0.3 is 6.03 Å². The number of nitro benzene ring substituents is 1. The van der Waals surface area contributed by atoms with E-state index in [1.165, 1.54) is 29.2 Å². The molecule has 1 N–H and O–H groups in total. The Bertz CT molecular complexity index is 699. The summed E-state index contributed by atoms with van der Waals surface area (Å²) in [5, 5.41) is 13.3. The van der Waals surface area contributed by atoms with Crippen LogP contribution in [0, 0.1) is 17.0 Å². The average molecular weight is 329 g/mol. The third kappa shape index (κ3) is 4.98. The molecule has 0 spiro atoms. The Morgan fingerprint density at radius 3 is 2.38 bits per heavy atom. The molecule has 0 bridgehead atoms. The second-order valence-corrected chi connectivity index (χ2v) is 5.32. The Morgan fingerprint density at radius 1 is 1.17 bits per heavy atom. The molecule has 0 aliphatic carbocycles. The highest BCUT2D eigenvalue weighted by Gasteiger charge is 2.10. The molecule has 0 aliphatic heterocycles. The summed E-state index contributed by atoms with van der Waals surface area (Å²) in [5.41, 5.74) is 1.63. The zero-order chi connectivity index (χ0) is 17.5. The molecular weight excluding hydrogens is 310 g/mol. The summed E-state index contributed by atoms with van der Waals surface area (Å²) in [6.07, 6.45) is 0. The third-order valence-electron chi connectivity index (χ3n) is 3.39. The Kier molecular flexibility index (Phi) is 5.73. The minimum atomic E-state index is -0.486. The molecular formula is C17H19N3O4. The maximum atomic E-state index is 12.0. The van der Waals surface area contributed by atoms with Crippen molar-refractivity contribution in [2.24, 2.45) is 0 Å². The molecule has 7 nitrogen and oxygen atoms in total. The van der Waals surface area contributed by atoms with E-state index in [0.717, 1.165) is 11.3 Å². The Hall–Kier alpha value is -3.09. The number of urea groups is 1. The van der Waals surface area contributed by atoms with E-state index in [4.69, 9.17) is 4.74 Å². The van der Waals surface area contributed by atoms with Crippen LogP contribution in [0.3, 0.4) is 0 Å². The quantitative estimate of drug-likeness (QED) is 0.650. The van der Waals surface area contributed by atoms with Crippen LogP contribution in [0.4, 0.5) is 16.2 Å². The number of nitro groups is 1. The number of carbonyl (C=O) groups is 1. The second-order valence-electron chi connectivity index (χ2n) is 5.32. The topological polar surface area (TPSA) is 84.7 Å². The first-order valence-corrected chi connectivity index (χ1v) is 7.42.